The van der Waals surface area contributed by atoms with Crippen molar-refractivity contribution >= 4 is 25.7 Å². The molecule has 8 heteroatoms. The molecule has 0 saturated heterocycles. The van der Waals surface area contributed by atoms with Crippen molar-refractivity contribution in [2.45, 2.75) is 24.3 Å². The second-order valence-electron chi connectivity index (χ2n) is 4.73. The molecule has 0 amide bonds. The molecule has 0 bridgehead atoms. The Balaban J connectivity index is 2.18. The number of methoxy groups -OCH3 is 1. The van der Waals surface area contributed by atoms with Crippen LogP contribution in [0.3, 0.4) is 0 Å². The average Bonchev–Trinajstić information content (AvgIpc) is 3.09. The lowest BCUT2D eigenvalue weighted by Gasteiger charge is -2.08. The molecule has 1 saturated carbocycles. The Morgan fingerprint density at radius 1 is 1.50 bits per heavy atom. The van der Waals surface area contributed by atoms with Crippen LogP contribution in [0.15, 0.2) is 17.2 Å². The number of hydrogen-bond donors (Lipinski definition) is 0. The van der Waals surface area contributed by atoms with Gasteiger partial charge in [-0.15, -0.1) is 0 Å². The summed E-state index contributed by atoms with van der Waals surface area (Å²) in [5.74, 6) is -0.0999. The van der Waals surface area contributed by atoms with E-state index in [0.29, 0.717) is 25.7 Å². The van der Waals surface area contributed by atoms with Gasteiger partial charge in [0, 0.05) is 30.5 Å². The minimum Gasteiger partial charge on any atom is -0.461 e. The first-order valence-electron chi connectivity index (χ1n) is 6.22. The highest BCUT2D eigenvalue weighted by molar-refractivity contribution is 8.13. The largest absolute Gasteiger partial charge is 0.461 e. The van der Waals surface area contributed by atoms with Gasteiger partial charge < -0.3 is 14.0 Å². The number of esters is 1. The first kappa shape index (κ1) is 15.3. The highest BCUT2D eigenvalue weighted by atomic mass is 35.7. The molecule has 1 aromatic heterocycles. The van der Waals surface area contributed by atoms with Crippen LogP contribution >= 0.6 is 10.7 Å². The van der Waals surface area contributed by atoms with Gasteiger partial charge in [-0.25, -0.2) is 13.2 Å². The molecule has 0 unspecified atom stereocenters. The summed E-state index contributed by atoms with van der Waals surface area (Å²) in [5, 5.41) is 0. The molecule has 0 radical (unpaired) electrons. The second-order valence-corrected chi connectivity index (χ2v) is 7.29. The van der Waals surface area contributed by atoms with E-state index in [1.165, 1.54) is 23.9 Å². The fourth-order valence-corrected chi connectivity index (χ4v) is 2.47. The normalized spacial score (nSPS) is 15.3. The van der Waals surface area contributed by atoms with E-state index in [4.69, 9.17) is 20.2 Å². The Morgan fingerprint density at radius 3 is 2.75 bits per heavy atom. The summed E-state index contributed by atoms with van der Waals surface area (Å²) in [5.41, 5.74) is 0.168. The van der Waals surface area contributed by atoms with Gasteiger partial charge in [0.05, 0.1) is 13.2 Å². The van der Waals surface area contributed by atoms with Crippen molar-refractivity contribution in [3.63, 3.8) is 0 Å². The van der Waals surface area contributed by atoms with E-state index in [1.54, 1.807) is 0 Å². The van der Waals surface area contributed by atoms with Crippen LogP contribution in [0.5, 0.6) is 0 Å². The lowest BCUT2D eigenvalue weighted by atomic mass is 10.4. The zero-order valence-corrected chi connectivity index (χ0v) is 12.6. The minimum absolute atomic E-state index is 0.117. The molecule has 0 N–H and O–H groups in total. The molecule has 1 aromatic rings. The van der Waals surface area contributed by atoms with E-state index in [0.717, 1.165) is 12.8 Å². The van der Waals surface area contributed by atoms with Crippen molar-refractivity contribution in [2.24, 2.45) is 5.92 Å². The molecule has 1 aliphatic rings. The molecular formula is C12H16ClNO5S. The fourth-order valence-electron chi connectivity index (χ4n) is 1.71. The van der Waals surface area contributed by atoms with Gasteiger partial charge in [0.2, 0.25) is 0 Å². The van der Waals surface area contributed by atoms with Gasteiger partial charge in [0.1, 0.15) is 10.6 Å². The van der Waals surface area contributed by atoms with Crippen molar-refractivity contribution in [2.75, 3.05) is 20.3 Å². The van der Waals surface area contributed by atoms with Gasteiger partial charge in [0.15, 0.2) is 0 Å². The molecule has 1 fully saturated rings. The summed E-state index contributed by atoms with van der Waals surface area (Å²) in [7, 11) is 2.94. The smallest absolute Gasteiger partial charge is 0.354 e. The standard InChI is InChI=1S/C12H16ClNO5S/c1-18-5-4-14-7-10(20(13,16)17)6-11(14)12(15)19-8-9-2-3-9/h6-7,9H,2-5,8H2,1H3. The Labute approximate surface area is 122 Å². The number of hydrogen-bond acceptors (Lipinski definition) is 5. The third kappa shape index (κ3) is 3.97. The summed E-state index contributed by atoms with van der Waals surface area (Å²) in [6, 6.07) is 1.23. The van der Waals surface area contributed by atoms with Crippen LogP contribution in [-0.2, 0) is 25.1 Å². The van der Waals surface area contributed by atoms with Crippen LogP contribution in [-0.4, -0.2) is 39.3 Å². The number of carbonyl (C=O) groups is 1. The summed E-state index contributed by atoms with van der Waals surface area (Å²) in [4.78, 5) is 11.9. The second kappa shape index (κ2) is 6.15. The van der Waals surface area contributed by atoms with Crippen LogP contribution in [0.2, 0.25) is 0 Å². The molecule has 1 heterocycles. The van der Waals surface area contributed by atoms with Gasteiger partial charge >= 0.3 is 5.97 Å². The summed E-state index contributed by atoms with van der Waals surface area (Å²) >= 11 is 0. The van der Waals surface area contributed by atoms with Crippen molar-refractivity contribution in [3.05, 3.63) is 18.0 Å². The Morgan fingerprint density at radius 2 is 2.20 bits per heavy atom. The average molecular weight is 322 g/mol. The van der Waals surface area contributed by atoms with E-state index in [9.17, 15) is 13.2 Å². The molecule has 0 spiro atoms. The molecule has 1 aliphatic carbocycles. The highest BCUT2D eigenvalue weighted by Gasteiger charge is 2.25. The maximum Gasteiger partial charge on any atom is 0.354 e. The van der Waals surface area contributed by atoms with E-state index in [2.05, 4.69) is 0 Å². The van der Waals surface area contributed by atoms with Crippen LogP contribution in [0.25, 0.3) is 0 Å². The molecule has 0 aliphatic heterocycles. The van der Waals surface area contributed by atoms with Crippen molar-refractivity contribution < 1.29 is 22.7 Å². The van der Waals surface area contributed by atoms with Gasteiger partial charge in [-0.1, -0.05) is 0 Å². The Bertz CT molecular complexity index is 591. The molecular weight excluding hydrogens is 306 g/mol. The predicted octanol–water partition coefficient (Wildman–Crippen LogP) is 1.63. The Kier molecular flexibility index (Phi) is 4.72. The quantitative estimate of drug-likeness (QED) is 0.563. The molecule has 6 nitrogen and oxygen atoms in total. The summed E-state index contributed by atoms with van der Waals surface area (Å²) < 4.78 is 34.2. The summed E-state index contributed by atoms with van der Waals surface area (Å²) in [6.07, 6.45) is 3.45. The monoisotopic (exact) mass is 321 g/mol. The molecule has 0 aromatic carbocycles. The molecule has 112 valence electrons. The van der Waals surface area contributed by atoms with Gasteiger partial charge in [0.25, 0.3) is 9.05 Å². The maximum absolute atomic E-state index is 12.0. The third-order valence-corrected chi connectivity index (χ3v) is 4.37. The SMILES string of the molecule is COCCn1cc(S(=O)(=O)Cl)cc1C(=O)OCC1CC1. The highest BCUT2D eigenvalue weighted by Crippen LogP contribution is 2.29. The third-order valence-electron chi connectivity index (χ3n) is 3.05. The van der Waals surface area contributed by atoms with Gasteiger partial charge in [-0.2, -0.15) is 0 Å². The topological polar surface area (TPSA) is 74.6 Å². The van der Waals surface area contributed by atoms with E-state index in [1.807, 2.05) is 0 Å². The maximum atomic E-state index is 12.0. The predicted molar refractivity (Wildman–Crippen MR) is 72.4 cm³/mol. The molecule has 20 heavy (non-hydrogen) atoms. The van der Waals surface area contributed by atoms with E-state index < -0.39 is 15.0 Å². The number of halogens is 1. The van der Waals surface area contributed by atoms with Gasteiger partial charge in [-0.3, -0.25) is 0 Å². The summed E-state index contributed by atoms with van der Waals surface area (Å²) in [6.45, 7) is 1.06. The molecule has 2 rings (SSSR count). The lowest BCUT2D eigenvalue weighted by molar-refractivity contribution is 0.0471. The van der Waals surface area contributed by atoms with Crippen LogP contribution in [0, 0.1) is 5.92 Å². The number of nitrogens with zero attached hydrogens (tertiary/aromatic N) is 1. The van der Waals surface area contributed by atoms with Crippen molar-refractivity contribution in [1.82, 2.24) is 4.57 Å². The number of aromatic nitrogens is 1. The van der Waals surface area contributed by atoms with E-state index >= 15 is 0 Å². The van der Waals surface area contributed by atoms with Gasteiger partial charge in [-0.05, 0) is 24.8 Å². The van der Waals surface area contributed by atoms with Crippen LogP contribution in [0.4, 0.5) is 0 Å². The first-order chi connectivity index (χ1) is 9.41. The minimum atomic E-state index is -3.88. The van der Waals surface area contributed by atoms with E-state index in [-0.39, 0.29) is 10.6 Å². The van der Waals surface area contributed by atoms with Crippen molar-refractivity contribution in [3.8, 4) is 0 Å². The fraction of sp³-hybridized carbons (Fsp3) is 0.583. The van der Waals surface area contributed by atoms with Crippen LogP contribution < -0.4 is 0 Å². The van der Waals surface area contributed by atoms with Crippen LogP contribution in [0.1, 0.15) is 23.3 Å². The first-order valence-corrected chi connectivity index (χ1v) is 8.53. The lowest BCUT2D eigenvalue weighted by Crippen LogP contribution is -2.14. The van der Waals surface area contributed by atoms with Crippen molar-refractivity contribution in [1.29, 1.82) is 0 Å². The number of rotatable bonds is 7. The molecule has 0 atom stereocenters. The zero-order valence-electron chi connectivity index (χ0n) is 11.0. The number of ether oxygens (including phenoxy) is 2. The Hall–Kier alpha value is -1.05. The number of carbonyl (C=O) groups excluding carboxylic acids is 1. The zero-order chi connectivity index (χ0) is 14.8.